The SMILES string of the molecule is CCC(Cl)CCNC(C)COC. The summed E-state index contributed by atoms with van der Waals surface area (Å²) in [6.45, 7) is 5.96. The van der Waals surface area contributed by atoms with E-state index in [4.69, 9.17) is 16.3 Å². The fourth-order valence-corrected chi connectivity index (χ4v) is 1.11. The van der Waals surface area contributed by atoms with Crippen LogP contribution < -0.4 is 5.32 Å². The molecule has 0 amide bonds. The number of hydrogen-bond acceptors (Lipinski definition) is 2. The third-order valence-corrected chi connectivity index (χ3v) is 2.34. The molecule has 2 nitrogen and oxygen atoms in total. The minimum Gasteiger partial charge on any atom is -0.383 e. The van der Waals surface area contributed by atoms with Crippen LogP contribution in [0, 0.1) is 0 Å². The molecule has 0 heterocycles. The van der Waals surface area contributed by atoms with Gasteiger partial charge in [0.15, 0.2) is 0 Å². The number of alkyl halides is 1. The van der Waals surface area contributed by atoms with E-state index in [1.54, 1.807) is 7.11 Å². The van der Waals surface area contributed by atoms with E-state index in [0.717, 1.165) is 26.0 Å². The lowest BCUT2D eigenvalue weighted by Gasteiger charge is -2.13. The quantitative estimate of drug-likeness (QED) is 0.625. The molecule has 0 radical (unpaired) electrons. The van der Waals surface area contributed by atoms with Crippen molar-refractivity contribution in [3.63, 3.8) is 0 Å². The molecule has 0 fully saturated rings. The molecule has 74 valence electrons. The Bertz CT molecular complexity index is 101. The van der Waals surface area contributed by atoms with Crippen LogP contribution in [0.1, 0.15) is 26.7 Å². The Hall–Kier alpha value is 0.210. The van der Waals surface area contributed by atoms with Crippen LogP contribution in [-0.4, -0.2) is 31.7 Å². The van der Waals surface area contributed by atoms with Crippen molar-refractivity contribution < 1.29 is 4.74 Å². The van der Waals surface area contributed by atoms with Crippen LogP contribution in [0.5, 0.6) is 0 Å². The Balaban J connectivity index is 3.18. The summed E-state index contributed by atoms with van der Waals surface area (Å²) in [4.78, 5) is 0. The Morgan fingerprint density at radius 2 is 2.17 bits per heavy atom. The van der Waals surface area contributed by atoms with Gasteiger partial charge >= 0.3 is 0 Å². The molecular formula is C9H20ClNO. The maximum Gasteiger partial charge on any atom is 0.0613 e. The van der Waals surface area contributed by atoms with E-state index in [0.29, 0.717) is 11.4 Å². The molecule has 0 aromatic carbocycles. The predicted octanol–water partition coefficient (Wildman–Crippen LogP) is 2.02. The normalized spacial score (nSPS) is 16.0. The molecule has 0 bridgehead atoms. The fraction of sp³-hybridized carbons (Fsp3) is 1.00. The van der Waals surface area contributed by atoms with Gasteiger partial charge in [-0.25, -0.2) is 0 Å². The van der Waals surface area contributed by atoms with Gasteiger partial charge < -0.3 is 10.1 Å². The molecular weight excluding hydrogens is 174 g/mol. The van der Waals surface area contributed by atoms with Gasteiger partial charge in [-0.3, -0.25) is 0 Å². The van der Waals surface area contributed by atoms with E-state index < -0.39 is 0 Å². The first kappa shape index (κ1) is 12.2. The van der Waals surface area contributed by atoms with Crippen LogP contribution in [0.25, 0.3) is 0 Å². The largest absolute Gasteiger partial charge is 0.383 e. The topological polar surface area (TPSA) is 21.3 Å². The number of nitrogens with one attached hydrogen (secondary N) is 1. The number of halogens is 1. The minimum atomic E-state index is 0.312. The summed E-state index contributed by atoms with van der Waals surface area (Å²) in [5.74, 6) is 0. The van der Waals surface area contributed by atoms with Gasteiger partial charge in [0.05, 0.1) is 6.61 Å². The molecule has 0 aromatic rings. The van der Waals surface area contributed by atoms with E-state index >= 15 is 0 Å². The molecule has 0 aliphatic rings. The summed E-state index contributed by atoms with van der Waals surface area (Å²) in [6, 6.07) is 0.427. The van der Waals surface area contributed by atoms with Gasteiger partial charge in [-0.1, -0.05) is 6.92 Å². The molecule has 0 aliphatic carbocycles. The van der Waals surface area contributed by atoms with Gasteiger partial charge in [-0.15, -0.1) is 11.6 Å². The van der Waals surface area contributed by atoms with E-state index in [9.17, 15) is 0 Å². The maximum absolute atomic E-state index is 5.95. The average molecular weight is 194 g/mol. The molecule has 0 saturated carbocycles. The molecule has 0 aliphatic heterocycles. The highest BCUT2D eigenvalue weighted by Crippen LogP contribution is 2.04. The van der Waals surface area contributed by atoms with Crippen molar-refractivity contribution >= 4 is 11.6 Å². The second kappa shape index (κ2) is 7.84. The molecule has 0 aromatic heterocycles. The maximum atomic E-state index is 5.95. The smallest absolute Gasteiger partial charge is 0.0613 e. The van der Waals surface area contributed by atoms with E-state index in [-0.39, 0.29) is 0 Å². The Labute approximate surface area is 80.6 Å². The molecule has 2 unspecified atom stereocenters. The van der Waals surface area contributed by atoms with Gasteiger partial charge in [0.1, 0.15) is 0 Å². The van der Waals surface area contributed by atoms with Gasteiger partial charge in [0, 0.05) is 18.5 Å². The van der Waals surface area contributed by atoms with Crippen LogP contribution in [0.3, 0.4) is 0 Å². The molecule has 1 N–H and O–H groups in total. The van der Waals surface area contributed by atoms with Gasteiger partial charge in [0.2, 0.25) is 0 Å². The van der Waals surface area contributed by atoms with Crippen molar-refractivity contribution in [2.75, 3.05) is 20.3 Å². The summed E-state index contributed by atoms with van der Waals surface area (Å²) >= 11 is 5.95. The average Bonchev–Trinajstić information content (AvgIpc) is 2.04. The van der Waals surface area contributed by atoms with Crippen molar-refractivity contribution in [3.8, 4) is 0 Å². The summed E-state index contributed by atoms with van der Waals surface area (Å²) in [7, 11) is 1.72. The number of ether oxygens (including phenoxy) is 1. The van der Waals surface area contributed by atoms with Crippen molar-refractivity contribution in [1.29, 1.82) is 0 Å². The monoisotopic (exact) mass is 193 g/mol. The second-order valence-corrected chi connectivity index (χ2v) is 3.72. The van der Waals surface area contributed by atoms with Crippen molar-refractivity contribution in [2.45, 2.75) is 38.1 Å². The molecule has 2 atom stereocenters. The summed E-state index contributed by atoms with van der Waals surface area (Å²) in [5.41, 5.74) is 0. The van der Waals surface area contributed by atoms with E-state index in [1.807, 2.05) is 0 Å². The van der Waals surface area contributed by atoms with Crippen LogP contribution in [0.15, 0.2) is 0 Å². The zero-order valence-electron chi connectivity index (χ0n) is 8.27. The summed E-state index contributed by atoms with van der Waals surface area (Å²) in [6.07, 6.45) is 2.08. The van der Waals surface area contributed by atoms with E-state index in [2.05, 4.69) is 19.2 Å². The standard InChI is InChI=1S/C9H20ClNO/c1-4-9(10)5-6-11-8(2)7-12-3/h8-9,11H,4-7H2,1-3H3. The zero-order chi connectivity index (χ0) is 9.40. The Morgan fingerprint density at radius 1 is 1.50 bits per heavy atom. The molecule has 12 heavy (non-hydrogen) atoms. The first-order valence-corrected chi connectivity index (χ1v) is 5.00. The first-order chi connectivity index (χ1) is 5.70. The lowest BCUT2D eigenvalue weighted by atomic mass is 10.2. The molecule has 0 saturated heterocycles. The number of methoxy groups -OCH3 is 1. The zero-order valence-corrected chi connectivity index (χ0v) is 9.03. The third kappa shape index (κ3) is 6.89. The fourth-order valence-electron chi connectivity index (χ4n) is 0.999. The highest BCUT2D eigenvalue weighted by Gasteiger charge is 2.02. The minimum absolute atomic E-state index is 0.312. The number of hydrogen-bond donors (Lipinski definition) is 1. The molecule has 3 heteroatoms. The Kier molecular flexibility index (Phi) is 7.98. The van der Waals surface area contributed by atoms with Crippen LogP contribution in [0.2, 0.25) is 0 Å². The highest BCUT2D eigenvalue weighted by molar-refractivity contribution is 6.20. The third-order valence-electron chi connectivity index (χ3n) is 1.81. The Morgan fingerprint density at radius 3 is 2.67 bits per heavy atom. The van der Waals surface area contributed by atoms with Crippen molar-refractivity contribution in [3.05, 3.63) is 0 Å². The van der Waals surface area contributed by atoms with Crippen molar-refractivity contribution in [2.24, 2.45) is 0 Å². The molecule has 0 spiro atoms. The van der Waals surface area contributed by atoms with Gasteiger partial charge in [-0.2, -0.15) is 0 Å². The van der Waals surface area contributed by atoms with Gasteiger partial charge in [-0.05, 0) is 26.3 Å². The first-order valence-electron chi connectivity index (χ1n) is 4.57. The predicted molar refractivity (Wildman–Crippen MR) is 53.9 cm³/mol. The van der Waals surface area contributed by atoms with Crippen LogP contribution in [-0.2, 0) is 4.74 Å². The van der Waals surface area contributed by atoms with Crippen LogP contribution >= 0.6 is 11.6 Å². The second-order valence-electron chi connectivity index (χ2n) is 3.10. The van der Waals surface area contributed by atoms with E-state index in [1.165, 1.54) is 0 Å². The lowest BCUT2D eigenvalue weighted by molar-refractivity contribution is 0.172. The molecule has 0 rings (SSSR count). The number of rotatable bonds is 7. The lowest BCUT2D eigenvalue weighted by Crippen LogP contribution is -2.31. The van der Waals surface area contributed by atoms with Crippen molar-refractivity contribution in [1.82, 2.24) is 5.32 Å². The highest BCUT2D eigenvalue weighted by atomic mass is 35.5. The summed E-state index contributed by atoms with van der Waals surface area (Å²) in [5, 5.41) is 3.65. The van der Waals surface area contributed by atoms with Crippen LogP contribution in [0.4, 0.5) is 0 Å². The van der Waals surface area contributed by atoms with Gasteiger partial charge in [0.25, 0.3) is 0 Å². The summed E-state index contributed by atoms with van der Waals surface area (Å²) < 4.78 is 4.99.